The molecule has 0 N–H and O–H groups in total. The molecule has 3 fully saturated rings. The van der Waals surface area contributed by atoms with E-state index in [4.69, 9.17) is 28.4 Å². The lowest BCUT2D eigenvalue weighted by Gasteiger charge is -2.63. The first-order valence-electron chi connectivity index (χ1n) is 15.5. The van der Waals surface area contributed by atoms with E-state index in [1.54, 1.807) is 68.4 Å². The minimum absolute atomic E-state index is 0.210. The molecular weight excluding hydrogens is 676 g/mol. The van der Waals surface area contributed by atoms with Crippen molar-refractivity contribution in [3.05, 3.63) is 70.2 Å². The van der Waals surface area contributed by atoms with Crippen LogP contribution in [0.4, 0.5) is 0 Å². The summed E-state index contributed by atoms with van der Waals surface area (Å²) in [6.45, 7) is 8.73. The fourth-order valence-corrected chi connectivity index (χ4v) is 8.29. The Hall–Kier alpha value is -3.77. The van der Waals surface area contributed by atoms with Crippen LogP contribution in [-0.2, 0) is 42.8 Å². The van der Waals surface area contributed by atoms with E-state index in [0.29, 0.717) is 6.42 Å². The fraction of sp³-hybridized carbons (Fsp3) is 0.514. The van der Waals surface area contributed by atoms with Gasteiger partial charge >= 0.3 is 29.8 Å². The summed E-state index contributed by atoms with van der Waals surface area (Å²) in [7, 11) is 0. The van der Waals surface area contributed by atoms with E-state index in [2.05, 4.69) is 15.9 Å². The lowest BCUT2D eigenvalue weighted by Crippen LogP contribution is -2.79. The third-order valence-electron chi connectivity index (χ3n) is 9.72. The van der Waals surface area contributed by atoms with Gasteiger partial charge in [-0.2, -0.15) is 0 Å². The summed E-state index contributed by atoms with van der Waals surface area (Å²) in [5.41, 5.74) is -3.97. The Bertz CT molecular complexity index is 1540. The number of rotatable bonds is 8. The average Bonchev–Trinajstić information content (AvgIpc) is 3.19. The molecule has 47 heavy (non-hydrogen) atoms. The van der Waals surface area contributed by atoms with Gasteiger partial charge in [0.2, 0.25) is 0 Å². The van der Waals surface area contributed by atoms with Gasteiger partial charge in [0.1, 0.15) is 35.9 Å². The number of carbonyl (C=O) groups is 5. The molecule has 0 radical (unpaired) electrons. The largest absolute Gasteiger partial charge is 0.465 e. The number of fused-ring (bicyclic) bond motifs is 1. The summed E-state index contributed by atoms with van der Waals surface area (Å²) in [5.74, 6) is -4.68. The monoisotopic (exact) mass is 714 g/mol. The summed E-state index contributed by atoms with van der Waals surface area (Å²) < 4.78 is 38.4. The molecule has 2 aromatic carbocycles. The van der Waals surface area contributed by atoms with Crippen molar-refractivity contribution >= 4 is 45.8 Å². The molecule has 1 spiro atoms. The molecule has 5 rings (SSSR count). The van der Waals surface area contributed by atoms with Crippen molar-refractivity contribution in [1.82, 2.24) is 0 Å². The van der Waals surface area contributed by atoms with E-state index in [9.17, 15) is 24.0 Å². The highest BCUT2D eigenvalue weighted by molar-refractivity contribution is 9.10. The first kappa shape index (κ1) is 34.6. The highest BCUT2D eigenvalue weighted by Crippen LogP contribution is 2.68. The maximum atomic E-state index is 14.0. The molecule has 11 nitrogen and oxygen atoms in total. The van der Waals surface area contributed by atoms with E-state index >= 15 is 0 Å². The maximum Gasteiger partial charge on any atom is 0.338 e. The highest BCUT2D eigenvalue weighted by atomic mass is 79.9. The molecule has 8 atom stereocenters. The smallest absolute Gasteiger partial charge is 0.338 e. The molecule has 252 valence electrons. The van der Waals surface area contributed by atoms with Gasteiger partial charge in [0, 0.05) is 25.2 Å². The Balaban J connectivity index is 1.80. The predicted octanol–water partition coefficient (Wildman–Crippen LogP) is 5.22. The molecule has 2 saturated carbocycles. The quantitative estimate of drug-likeness (QED) is 0.263. The molecule has 2 aromatic rings. The van der Waals surface area contributed by atoms with Crippen molar-refractivity contribution in [2.45, 2.75) is 90.0 Å². The number of hydrogen-bond donors (Lipinski definition) is 0. The average molecular weight is 716 g/mol. The maximum absolute atomic E-state index is 14.0. The first-order valence-corrected chi connectivity index (χ1v) is 16.3. The van der Waals surface area contributed by atoms with E-state index in [-0.39, 0.29) is 17.5 Å². The molecule has 0 unspecified atom stereocenters. The Kier molecular flexibility index (Phi) is 9.58. The topological polar surface area (TPSA) is 141 Å². The van der Waals surface area contributed by atoms with Crippen LogP contribution in [0, 0.1) is 17.3 Å². The summed E-state index contributed by atoms with van der Waals surface area (Å²) in [4.78, 5) is 65.9. The summed E-state index contributed by atoms with van der Waals surface area (Å²) >= 11 is 3.37. The van der Waals surface area contributed by atoms with Crippen LogP contribution in [0.3, 0.4) is 0 Å². The third kappa shape index (κ3) is 6.06. The van der Waals surface area contributed by atoms with Gasteiger partial charge in [-0.05, 0) is 69.0 Å². The molecule has 1 aliphatic heterocycles. The molecular formula is C35H39BrO11. The Labute approximate surface area is 281 Å². The van der Waals surface area contributed by atoms with Crippen LogP contribution in [0.25, 0.3) is 0 Å². The summed E-state index contributed by atoms with van der Waals surface area (Å²) in [6, 6.07) is 14.8. The van der Waals surface area contributed by atoms with Crippen LogP contribution in [0.1, 0.15) is 75.1 Å². The number of hydrogen-bond acceptors (Lipinski definition) is 11. The zero-order valence-electron chi connectivity index (χ0n) is 27.2. The minimum Gasteiger partial charge on any atom is -0.465 e. The van der Waals surface area contributed by atoms with Crippen LogP contribution in [0.2, 0.25) is 0 Å². The Morgan fingerprint density at radius 2 is 1.36 bits per heavy atom. The summed E-state index contributed by atoms with van der Waals surface area (Å²) in [6.07, 6.45) is -4.17. The SMILES string of the molecule is CC(=O)OC[C@@]12[C@@H](OC(C)=O)CC[C@@H](C)[C@]13OC(C)(C)[C@H]([C@@H](OC(=O)c1ccc(Br)cc1)[C@H]2OC(=O)c1ccccc1)[C@H]3OC(C)=O. The molecule has 3 aliphatic rings. The second-order valence-corrected chi connectivity index (χ2v) is 13.9. The molecule has 2 aliphatic carbocycles. The fourth-order valence-electron chi connectivity index (χ4n) is 8.03. The van der Waals surface area contributed by atoms with Crippen molar-refractivity contribution in [3.63, 3.8) is 0 Å². The van der Waals surface area contributed by atoms with Gasteiger partial charge in [0.15, 0.2) is 6.10 Å². The van der Waals surface area contributed by atoms with Crippen LogP contribution in [0.15, 0.2) is 59.1 Å². The number of ether oxygens (including phenoxy) is 6. The van der Waals surface area contributed by atoms with Crippen molar-refractivity contribution in [3.8, 4) is 0 Å². The van der Waals surface area contributed by atoms with Crippen molar-refractivity contribution in [2.24, 2.45) is 17.3 Å². The van der Waals surface area contributed by atoms with Crippen molar-refractivity contribution < 1.29 is 52.4 Å². The van der Waals surface area contributed by atoms with Crippen LogP contribution in [-0.4, -0.2) is 72.1 Å². The van der Waals surface area contributed by atoms with Crippen molar-refractivity contribution in [2.75, 3.05) is 6.61 Å². The van der Waals surface area contributed by atoms with Gasteiger partial charge < -0.3 is 28.4 Å². The van der Waals surface area contributed by atoms with E-state index in [1.165, 1.54) is 20.8 Å². The zero-order valence-corrected chi connectivity index (χ0v) is 28.7. The molecule has 0 aromatic heterocycles. The Morgan fingerprint density at radius 1 is 0.766 bits per heavy atom. The van der Waals surface area contributed by atoms with Crippen LogP contribution < -0.4 is 0 Å². The van der Waals surface area contributed by atoms with E-state index in [0.717, 1.165) is 4.47 Å². The van der Waals surface area contributed by atoms with Gasteiger partial charge in [-0.15, -0.1) is 0 Å². The van der Waals surface area contributed by atoms with Gasteiger partial charge in [0.05, 0.1) is 22.6 Å². The van der Waals surface area contributed by atoms with Crippen LogP contribution in [0.5, 0.6) is 0 Å². The number of carbonyl (C=O) groups excluding carboxylic acids is 5. The molecule has 12 heteroatoms. The molecule has 2 bridgehead atoms. The Morgan fingerprint density at radius 3 is 1.96 bits per heavy atom. The van der Waals surface area contributed by atoms with Crippen LogP contribution >= 0.6 is 15.9 Å². The summed E-state index contributed by atoms with van der Waals surface area (Å²) in [5, 5.41) is 0. The number of esters is 5. The second kappa shape index (κ2) is 13.0. The second-order valence-electron chi connectivity index (χ2n) is 13.0. The van der Waals surface area contributed by atoms with Gasteiger partial charge in [-0.3, -0.25) is 14.4 Å². The molecule has 1 saturated heterocycles. The minimum atomic E-state index is -1.71. The van der Waals surface area contributed by atoms with E-state index in [1.807, 2.05) is 6.92 Å². The standard InChI is InChI=1S/C35H39BrO11/c1-19-12-17-26(43-21(3)38)34(18-42-20(2)37)30(46-32(41)23-10-8-7-9-11-23)28(45-31(40)24-13-15-25(36)16-14-24)27-29(44-22(4)39)35(19,34)47-33(27,5)6/h7-11,13-16,19,26-30H,12,17-18H2,1-6H3/t19-,26+,27-,28-,29-,30-,34+,35-/m1/s1. The van der Waals surface area contributed by atoms with E-state index < -0.39 is 89.3 Å². The first-order chi connectivity index (χ1) is 22.1. The molecule has 1 heterocycles. The lowest BCUT2D eigenvalue weighted by molar-refractivity contribution is -0.313. The zero-order chi connectivity index (χ0) is 34.3. The predicted molar refractivity (Wildman–Crippen MR) is 169 cm³/mol. The number of halogens is 1. The van der Waals surface area contributed by atoms with Gasteiger partial charge in [0.25, 0.3) is 0 Å². The lowest BCUT2D eigenvalue weighted by atomic mass is 9.47. The van der Waals surface area contributed by atoms with Gasteiger partial charge in [-0.25, -0.2) is 9.59 Å². The number of benzene rings is 2. The normalized spacial score (nSPS) is 31.9. The van der Waals surface area contributed by atoms with Gasteiger partial charge in [-0.1, -0.05) is 41.1 Å². The van der Waals surface area contributed by atoms with Crippen molar-refractivity contribution in [1.29, 1.82) is 0 Å². The molecule has 0 amide bonds. The highest BCUT2D eigenvalue weighted by Gasteiger charge is 2.84. The third-order valence-corrected chi connectivity index (χ3v) is 10.3.